The van der Waals surface area contributed by atoms with Crippen LogP contribution in [0.3, 0.4) is 0 Å². The fourth-order valence-electron chi connectivity index (χ4n) is 3.01. The molecule has 3 aromatic rings. The summed E-state index contributed by atoms with van der Waals surface area (Å²) in [4.78, 5) is 6.50. The summed E-state index contributed by atoms with van der Waals surface area (Å²) in [6, 6.07) is 16.5. The molecule has 0 aliphatic carbocycles. The van der Waals surface area contributed by atoms with E-state index in [0.717, 1.165) is 18.8 Å². The van der Waals surface area contributed by atoms with Gasteiger partial charge in [0.2, 0.25) is 0 Å². The van der Waals surface area contributed by atoms with Gasteiger partial charge in [0.15, 0.2) is 0 Å². The summed E-state index contributed by atoms with van der Waals surface area (Å²) in [5.41, 5.74) is 2.30. The van der Waals surface area contributed by atoms with E-state index in [1.165, 1.54) is 42.6 Å². The number of halogens is 1. The molecule has 0 unspecified atom stereocenters. The highest BCUT2D eigenvalue weighted by Gasteiger charge is 2.14. The van der Waals surface area contributed by atoms with Gasteiger partial charge in [-0.3, -0.25) is 9.71 Å². The fourth-order valence-corrected chi connectivity index (χ4v) is 4.07. The Kier molecular flexibility index (Phi) is 6.91. The van der Waals surface area contributed by atoms with E-state index in [9.17, 15) is 17.9 Å². The highest BCUT2D eigenvalue weighted by atomic mass is 32.2. The second-order valence-corrected chi connectivity index (χ2v) is 8.46. The molecule has 0 heterocycles. The summed E-state index contributed by atoms with van der Waals surface area (Å²) in [5, 5.41) is 10.3. The molecule has 0 fully saturated rings. The lowest BCUT2D eigenvalue weighted by molar-refractivity contribution is 0.474. The lowest BCUT2D eigenvalue weighted by Gasteiger charge is -2.21. The molecule has 2 N–H and O–H groups in total. The number of hydrogen-bond donors (Lipinski definition) is 2. The lowest BCUT2D eigenvalue weighted by atomic mass is 10.2. The minimum Gasteiger partial charge on any atom is -0.507 e. The van der Waals surface area contributed by atoms with E-state index in [0.29, 0.717) is 11.3 Å². The van der Waals surface area contributed by atoms with Crippen LogP contribution in [-0.4, -0.2) is 32.8 Å². The molecule has 3 aromatic carbocycles. The molecule has 0 bridgehead atoms. The second-order valence-electron chi connectivity index (χ2n) is 6.78. The number of hydrogen-bond acceptors (Lipinski definition) is 5. The monoisotopic (exact) mass is 441 g/mol. The number of sulfonamides is 1. The maximum Gasteiger partial charge on any atom is 0.261 e. The first-order chi connectivity index (χ1) is 14.8. The van der Waals surface area contributed by atoms with E-state index in [1.54, 1.807) is 24.3 Å². The van der Waals surface area contributed by atoms with Crippen LogP contribution in [0.4, 0.5) is 21.5 Å². The topological polar surface area (TPSA) is 82.0 Å². The van der Waals surface area contributed by atoms with Crippen molar-refractivity contribution in [2.75, 3.05) is 22.7 Å². The molecule has 6 nitrogen and oxygen atoms in total. The average Bonchev–Trinajstić information content (AvgIpc) is 2.76. The minimum atomic E-state index is -3.80. The first-order valence-corrected chi connectivity index (χ1v) is 11.3. The van der Waals surface area contributed by atoms with Gasteiger partial charge in [0.1, 0.15) is 11.6 Å². The Hall–Kier alpha value is -3.39. The lowest BCUT2D eigenvalue weighted by Crippen LogP contribution is -2.21. The van der Waals surface area contributed by atoms with E-state index in [1.807, 2.05) is 6.07 Å². The number of nitrogens with zero attached hydrogens (tertiary/aromatic N) is 2. The maximum atomic E-state index is 13.0. The second kappa shape index (κ2) is 9.61. The molecule has 0 saturated carbocycles. The van der Waals surface area contributed by atoms with Gasteiger partial charge in [-0.15, -0.1) is 0 Å². The molecular weight excluding hydrogens is 417 g/mol. The van der Waals surface area contributed by atoms with Crippen molar-refractivity contribution >= 4 is 33.3 Å². The Morgan fingerprint density at radius 3 is 2.23 bits per heavy atom. The third kappa shape index (κ3) is 5.61. The van der Waals surface area contributed by atoms with Crippen molar-refractivity contribution in [1.29, 1.82) is 0 Å². The largest absolute Gasteiger partial charge is 0.507 e. The summed E-state index contributed by atoms with van der Waals surface area (Å²) in [6.45, 7) is 5.78. The van der Waals surface area contributed by atoms with Crippen LogP contribution in [0.25, 0.3) is 0 Å². The van der Waals surface area contributed by atoms with E-state index < -0.39 is 15.8 Å². The summed E-state index contributed by atoms with van der Waals surface area (Å²) >= 11 is 0. The summed E-state index contributed by atoms with van der Waals surface area (Å²) < 4.78 is 40.3. The van der Waals surface area contributed by atoms with Gasteiger partial charge < -0.3 is 10.0 Å². The number of nitrogens with one attached hydrogen (secondary N) is 1. The Morgan fingerprint density at radius 2 is 1.65 bits per heavy atom. The van der Waals surface area contributed by atoms with Gasteiger partial charge in [0, 0.05) is 42.3 Å². The molecule has 0 aromatic heterocycles. The van der Waals surface area contributed by atoms with Crippen LogP contribution in [0.1, 0.15) is 19.4 Å². The summed E-state index contributed by atoms with van der Waals surface area (Å²) in [5.74, 6) is -0.324. The van der Waals surface area contributed by atoms with Crippen LogP contribution < -0.4 is 9.62 Å². The van der Waals surface area contributed by atoms with Crippen LogP contribution in [-0.2, 0) is 10.0 Å². The maximum absolute atomic E-state index is 13.0. The Balaban J connectivity index is 1.73. The number of aliphatic imine (C=N–C) groups is 1. The van der Waals surface area contributed by atoms with Crippen molar-refractivity contribution in [3.05, 3.63) is 78.1 Å². The SMILES string of the molecule is CCN(CC)c1ccc(C=Nc2ccc(S(=O)(=O)Nc3ccc(F)cc3)cc2)c(O)c1. The number of phenols is 1. The van der Waals surface area contributed by atoms with Gasteiger partial charge in [0.05, 0.1) is 10.6 Å². The Bertz CT molecular complexity index is 1160. The van der Waals surface area contributed by atoms with Crippen molar-refractivity contribution in [2.24, 2.45) is 4.99 Å². The Labute approximate surface area is 181 Å². The normalized spacial score (nSPS) is 11.6. The van der Waals surface area contributed by atoms with Crippen LogP contribution in [0.15, 0.2) is 76.6 Å². The number of benzene rings is 3. The summed E-state index contributed by atoms with van der Waals surface area (Å²) in [6.07, 6.45) is 1.53. The zero-order chi connectivity index (χ0) is 22.4. The van der Waals surface area contributed by atoms with E-state index in [4.69, 9.17) is 0 Å². The molecule has 0 amide bonds. The highest BCUT2D eigenvalue weighted by molar-refractivity contribution is 7.92. The van der Waals surface area contributed by atoms with Gasteiger partial charge in [-0.1, -0.05) is 0 Å². The van der Waals surface area contributed by atoms with E-state index in [-0.39, 0.29) is 16.3 Å². The molecule has 8 heteroatoms. The molecule has 0 radical (unpaired) electrons. The molecule has 0 saturated heterocycles. The molecule has 0 aliphatic heterocycles. The van der Waals surface area contributed by atoms with Crippen LogP contribution in [0.5, 0.6) is 5.75 Å². The van der Waals surface area contributed by atoms with Crippen LogP contribution in [0, 0.1) is 5.82 Å². The van der Waals surface area contributed by atoms with Gasteiger partial charge in [-0.05, 0) is 74.5 Å². The quantitative estimate of drug-likeness (QED) is 0.486. The third-order valence-electron chi connectivity index (χ3n) is 4.74. The fraction of sp³-hybridized carbons (Fsp3) is 0.174. The zero-order valence-electron chi connectivity index (χ0n) is 17.3. The van der Waals surface area contributed by atoms with E-state index >= 15 is 0 Å². The van der Waals surface area contributed by atoms with Gasteiger partial charge in [0.25, 0.3) is 10.0 Å². The van der Waals surface area contributed by atoms with Crippen molar-refractivity contribution in [3.63, 3.8) is 0 Å². The van der Waals surface area contributed by atoms with Gasteiger partial charge >= 0.3 is 0 Å². The van der Waals surface area contributed by atoms with Crippen molar-refractivity contribution in [3.8, 4) is 5.75 Å². The highest BCUT2D eigenvalue weighted by Crippen LogP contribution is 2.25. The molecular formula is C23H24FN3O3S. The van der Waals surface area contributed by atoms with Crippen LogP contribution >= 0.6 is 0 Å². The molecule has 0 atom stereocenters. The molecule has 162 valence electrons. The third-order valence-corrected chi connectivity index (χ3v) is 6.14. The number of aromatic hydroxyl groups is 1. The van der Waals surface area contributed by atoms with Gasteiger partial charge in [-0.25, -0.2) is 12.8 Å². The van der Waals surface area contributed by atoms with Crippen molar-refractivity contribution in [1.82, 2.24) is 0 Å². The minimum absolute atomic E-state index is 0.0576. The molecule has 31 heavy (non-hydrogen) atoms. The number of anilines is 2. The first kappa shape index (κ1) is 22.3. The summed E-state index contributed by atoms with van der Waals surface area (Å²) in [7, 11) is -3.80. The van der Waals surface area contributed by atoms with E-state index in [2.05, 4.69) is 28.5 Å². The van der Waals surface area contributed by atoms with Gasteiger partial charge in [-0.2, -0.15) is 0 Å². The molecule has 0 aliphatic rings. The molecule has 3 rings (SSSR count). The number of phenolic OH excluding ortho intramolecular Hbond substituents is 1. The predicted molar refractivity (Wildman–Crippen MR) is 123 cm³/mol. The first-order valence-electron chi connectivity index (χ1n) is 9.83. The van der Waals surface area contributed by atoms with Crippen molar-refractivity contribution in [2.45, 2.75) is 18.7 Å². The van der Waals surface area contributed by atoms with Crippen LogP contribution in [0.2, 0.25) is 0 Å². The average molecular weight is 442 g/mol. The Morgan fingerprint density at radius 1 is 1.00 bits per heavy atom. The van der Waals surface area contributed by atoms with Crippen molar-refractivity contribution < 1.29 is 17.9 Å². The standard InChI is InChI=1S/C23H24FN3O3S/c1-3-27(4-2)21-12-5-17(23(28)15-21)16-25-19-10-13-22(14-11-19)31(29,30)26-20-8-6-18(24)7-9-20/h5-16,26,28H,3-4H2,1-2H3. The number of rotatable bonds is 8. The predicted octanol–water partition coefficient (Wildman–Crippen LogP) is 4.93. The zero-order valence-corrected chi connectivity index (χ0v) is 18.1. The molecule has 0 spiro atoms. The smallest absolute Gasteiger partial charge is 0.261 e.